The summed E-state index contributed by atoms with van der Waals surface area (Å²) in [5.74, 6) is 1.40. The zero-order chi connectivity index (χ0) is 19.5. The Hall–Kier alpha value is -1.59. The highest BCUT2D eigenvalue weighted by Crippen LogP contribution is 2.31. The standard InChI is InChI=1S/C23H33NO4/c1-16(28-20-10-11-21-18(13-20)15-27-23(21)25)22-5-3-4-12-24(22)14-17-6-8-19(26-2)9-7-17/h10-11,13,16-17,19,22H,3-9,12,14-15H2,1-2H3/t16-,17?,19?,22-/m1/s1. The highest BCUT2D eigenvalue weighted by Gasteiger charge is 2.32. The maximum absolute atomic E-state index is 11.6. The van der Waals surface area contributed by atoms with E-state index in [0.29, 0.717) is 24.3 Å². The number of hydrogen-bond acceptors (Lipinski definition) is 5. The third kappa shape index (κ3) is 4.36. The fourth-order valence-electron chi connectivity index (χ4n) is 5.13. The quantitative estimate of drug-likeness (QED) is 0.685. The summed E-state index contributed by atoms with van der Waals surface area (Å²) in [4.78, 5) is 14.3. The molecule has 3 aliphatic rings. The molecular weight excluding hydrogens is 354 g/mol. The molecule has 0 radical (unpaired) electrons. The molecule has 1 saturated carbocycles. The van der Waals surface area contributed by atoms with Crippen LogP contribution in [0.3, 0.4) is 0 Å². The number of ether oxygens (including phenoxy) is 3. The summed E-state index contributed by atoms with van der Waals surface area (Å²) in [6, 6.07) is 6.16. The molecule has 4 rings (SSSR count). The molecule has 1 saturated heterocycles. The van der Waals surface area contributed by atoms with Crippen molar-refractivity contribution in [1.29, 1.82) is 0 Å². The summed E-state index contributed by atoms with van der Waals surface area (Å²) in [6.45, 7) is 4.91. The average Bonchev–Trinajstić information content (AvgIpc) is 3.09. The van der Waals surface area contributed by atoms with Crippen molar-refractivity contribution in [3.63, 3.8) is 0 Å². The number of cyclic esters (lactones) is 1. The second kappa shape index (κ2) is 8.83. The summed E-state index contributed by atoms with van der Waals surface area (Å²) in [5.41, 5.74) is 1.61. The van der Waals surface area contributed by atoms with Crippen LogP contribution < -0.4 is 4.74 Å². The molecule has 0 aromatic heterocycles. The Morgan fingerprint density at radius 1 is 1.18 bits per heavy atom. The third-order valence-electron chi connectivity index (χ3n) is 6.80. The molecule has 28 heavy (non-hydrogen) atoms. The lowest BCUT2D eigenvalue weighted by atomic mass is 9.85. The van der Waals surface area contributed by atoms with Gasteiger partial charge in [-0.25, -0.2) is 4.79 Å². The molecule has 5 heteroatoms. The number of methoxy groups -OCH3 is 1. The lowest BCUT2D eigenvalue weighted by Crippen LogP contribution is -2.49. The smallest absolute Gasteiger partial charge is 0.338 e. The first-order valence-corrected chi connectivity index (χ1v) is 10.9. The van der Waals surface area contributed by atoms with Crippen molar-refractivity contribution < 1.29 is 19.0 Å². The summed E-state index contributed by atoms with van der Waals surface area (Å²) in [5, 5.41) is 0. The molecule has 1 aromatic rings. The van der Waals surface area contributed by atoms with Crippen molar-refractivity contribution in [2.75, 3.05) is 20.2 Å². The van der Waals surface area contributed by atoms with Crippen molar-refractivity contribution in [3.8, 4) is 5.75 Å². The van der Waals surface area contributed by atoms with Gasteiger partial charge >= 0.3 is 5.97 Å². The monoisotopic (exact) mass is 387 g/mol. The van der Waals surface area contributed by atoms with Crippen LogP contribution in [0, 0.1) is 5.92 Å². The van der Waals surface area contributed by atoms with E-state index < -0.39 is 0 Å². The van der Waals surface area contributed by atoms with Crippen molar-refractivity contribution >= 4 is 5.97 Å². The maximum Gasteiger partial charge on any atom is 0.338 e. The molecule has 0 bridgehead atoms. The minimum Gasteiger partial charge on any atom is -0.489 e. The predicted molar refractivity (Wildman–Crippen MR) is 108 cm³/mol. The number of esters is 1. The number of rotatable bonds is 6. The highest BCUT2D eigenvalue weighted by atomic mass is 16.5. The Labute approximate surface area is 168 Å². The van der Waals surface area contributed by atoms with E-state index in [4.69, 9.17) is 14.2 Å². The van der Waals surface area contributed by atoms with E-state index in [2.05, 4.69) is 11.8 Å². The molecule has 154 valence electrons. The van der Waals surface area contributed by atoms with Crippen molar-refractivity contribution in [2.45, 2.75) is 76.7 Å². The molecule has 2 heterocycles. The van der Waals surface area contributed by atoms with Crippen LogP contribution in [0.2, 0.25) is 0 Å². The summed E-state index contributed by atoms with van der Waals surface area (Å²) in [6.07, 6.45) is 9.29. The number of likely N-dealkylation sites (tertiary alicyclic amines) is 1. The Morgan fingerprint density at radius 2 is 2.00 bits per heavy atom. The zero-order valence-corrected chi connectivity index (χ0v) is 17.2. The number of carbonyl (C=O) groups is 1. The Kier molecular flexibility index (Phi) is 6.22. The lowest BCUT2D eigenvalue weighted by Gasteiger charge is -2.41. The number of hydrogen-bond donors (Lipinski definition) is 0. The number of carbonyl (C=O) groups excluding carboxylic acids is 1. The maximum atomic E-state index is 11.6. The minimum absolute atomic E-state index is 0.131. The van der Waals surface area contributed by atoms with E-state index in [0.717, 1.165) is 17.2 Å². The first-order valence-electron chi connectivity index (χ1n) is 10.9. The van der Waals surface area contributed by atoms with Gasteiger partial charge in [-0.1, -0.05) is 6.42 Å². The first kappa shape index (κ1) is 19.7. The molecular formula is C23H33NO4. The highest BCUT2D eigenvalue weighted by molar-refractivity contribution is 5.93. The number of nitrogens with zero attached hydrogens (tertiary/aromatic N) is 1. The van der Waals surface area contributed by atoms with Gasteiger partial charge in [-0.15, -0.1) is 0 Å². The predicted octanol–water partition coefficient (Wildman–Crippen LogP) is 4.18. The second-order valence-electron chi connectivity index (χ2n) is 8.65. The van der Waals surface area contributed by atoms with Crippen LogP contribution in [0.1, 0.15) is 67.8 Å². The largest absolute Gasteiger partial charge is 0.489 e. The molecule has 1 aromatic carbocycles. The number of piperidine rings is 1. The molecule has 2 aliphatic heterocycles. The van der Waals surface area contributed by atoms with E-state index in [9.17, 15) is 4.79 Å². The lowest BCUT2D eigenvalue weighted by molar-refractivity contribution is 0.0175. The fourth-order valence-corrected chi connectivity index (χ4v) is 5.13. The van der Waals surface area contributed by atoms with Gasteiger partial charge in [-0.05, 0) is 76.1 Å². The van der Waals surface area contributed by atoms with E-state index in [1.165, 1.54) is 58.0 Å². The van der Waals surface area contributed by atoms with Crippen LogP contribution in [-0.4, -0.2) is 49.3 Å². The summed E-state index contributed by atoms with van der Waals surface area (Å²) < 4.78 is 17.0. The number of fused-ring (bicyclic) bond motifs is 1. The molecule has 0 unspecified atom stereocenters. The molecule has 0 N–H and O–H groups in total. The molecule has 0 amide bonds. The first-order chi connectivity index (χ1) is 13.6. The minimum atomic E-state index is -0.226. The SMILES string of the molecule is COC1CCC(CN2CCCC[C@@H]2[C@@H](C)Oc2ccc3c(c2)COC3=O)CC1. The van der Waals surface area contributed by atoms with E-state index in [1.54, 1.807) is 0 Å². The molecule has 1 aliphatic carbocycles. The van der Waals surface area contributed by atoms with Crippen LogP contribution >= 0.6 is 0 Å². The van der Waals surface area contributed by atoms with E-state index in [1.807, 2.05) is 25.3 Å². The zero-order valence-electron chi connectivity index (χ0n) is 17.2. The van der Waals surface area contributed by atoms with E-state index >= 15 is 0 Å². The molecule has 0 spiro atoms. The number of benzene rings is 1. The third-order valence-corrected chi connectivity index (χ3v) is 6.80. The van der Waals surface area contributed by atoms with Crippen molar-refractivity contribution in [2.24, 2.45) is 5.92 Å². The molecule has 2 atom stereocenters. The van der Waals surface area contributed by atoms with Crippen LogP contribution in [0.4, 0.5) is 0 Å². The molecule has 2 fully saturated rings. The Bertz CT molecular complexity index is 683. The van der Waals surface area contributed by atoms with Crippen LogP contribution in [0.5, 0.6) is 5.75 Å². The second-order valence-corrected chi connectivity index (χ2v) is 8.65. The van der Waals surface area contributed by atoms with Crippen LogP contribution in [-0.2, 0) is 16.1 Å². The van der Waals surface area contributed by atoms with Gasteiger partial charge in [0.2, 0.25) is 0 Å². The van der Waals surface area contributed by atoms with Gasteiger partial charge in [0.25, 0.3) is 0 Å². The van der Waals surface area contributed by atoms with Gasteiger partial charge in [0, 0.05) is 25.3 Å². The van der Waals surface area contributed by atoms with Gasteiger partial charge in [0.05, 0.1) is 11.7 Å². The van der Waals surface area contributed by atoms with Gasteiger partial charge in [0.1, 0.15) is 18.5 Å². The van der Waals surface area contributed by atoms with Gasteiger partial charge in [-0.2, -0.15) is 0 Å². The molecule has 5 nitrogen and oxygen atoms in total. The van der Waals surface area contributed by atoms with Crippen molar-refractivity contribution in [3.05, 3.63) is 29.3 Å². The average molecular weight is 388 g/mol. The normalized spacial score (nSPS) is 29.2. The van der Waals surface area contributed by atoms with Gasteiger partial charge in [-0.3, -0.25) is 4.90 Å². The summed E-state index contributed by atoms with van der Waals surface area (Å²) >= 11 is 0. The van der Waals surface area contributed by atoms with Gasteiger partial charge < -0.3 is 14.2 Å². The Balaban J connectivity index is 1.36. The Morgan fingerprint density at radius 3 is 2.79 bits per heavy atom. The van der Waals surface area contributed by atoms with Crippen LogP contribution in [0.15, 0.2) is 18.2 Å². The van der Waals surface area contributed by atoms with Crippen LogP contribution in [0.25, 0.3) is 0 Å². The fraction of sp³-hybridized carbons (Fsp3) is 0.696. The van der Waals surface area contributed by atoms with Gasteiger partial charge in [0.15, 0.2) is 0 Å². The summed E-state index contributed by atoms with van der Waals surface area (Å²) in [7, 11) is 1.84. The topological polar surface area (TPSA) is 48.0 Å². The van der Waals surface area contributed by atoms with E-state index in [-0.39, 0.29) is 12.1 Å². The van der Waals surface area contributed by atoms with Crippen molar-refractivity contribution in [1.82, 2.24) is 4.90 Å².